The Morgan fingerprint density at radius 2 is 2.22 bits per heavy atom. The Balaban J connectivity index is 1.76. The van der Waals surface area contributed by atoms with Crippen LogP contribution in [0.1, 0.15) is 24.8 Å². The molecule has 0 aliphatic heterocycles. The summed E-state index contributed by atoms with van der Waals surface area (Å²) in [6, 6.07) is 6.32. The molecule has 0 spiro atoms. The summed E-state index contributed by atoms with van der Waals surface area (Å²) < 4.78 is 5.15. The number of hydrogen-bond donors (Lipinski definition) is 2. The monoisotopic (exact) mass is 248 g/mol. The first-order chi connectivity index (χ1) is 8.69. The molecule has 0 atom stereocenters. The number of amides is 1. The molecule has 1 aromatic carbocycles. The van der Waals surface area contributed by atoms with Gasteiger partial charge in [0.05, 0.1) is 7.11 Å². The van der Waals surface area contributed by atoms with Crippen molar-refractivity contribution in [2.75, 3.05) is 19.0 Å². The van der Waals surface area contributed by atoms with E-state index in [9.17, 15) is 4.79 Å². The van der Waals surface area contributed by atoms with Crippen molar-refractivity contribution in [3.63, 3.8) is 0 Å². The number of carbonyl (C=O) groups excluding carboxylic acids is 1. The van der Waals surface area contributed by atoms with E-state index in [2.05, 4.69) is 10.6 Å². The van der Waals surface area contributed by atoms with Gasteiger partial charge in [0.25, 0.3) is 0 Å². The summed E-state index contributed by atoms with van der Waals surface area (Å²) in [7, 11) is 1.66. The van der Waals surface area contributed by atoms with Crippen molar-refractivity contribution in [3.8, 4) is 5.75 Å². The van der Waals surface area contributed by atoms with E-state index in [0.717, 1.165) is 29.8 Å². The standard InChI is InChI=1S/C14H20N2O2/c1-10-9-12(18-2)5-6-13(10)15-8-7-14(17)16-11-3-4-11/h5-6,9,11,15H,3-4,7-8H2,1-2H3,(H,16,17). The van der Waals surface area contributed by atoms with Gasteiger partial charge < -0.3 is 15.4 Å². The number of hydrogen-bond acceptors (Lipinski definition) is 3. The molecule has 0 unspecified atom stereocenters. The van der Waals surface area contributed by atoms with Gasteiger partial charge in [-0.05, 0) is 43.5 Å². The summed E-state index contributed by atoms with van der Waals surface area (Å²) in [5.41, 5.74) is 2.17. The highest BCUT2D eigenvalue weighted by molar-refractivity contribution is 5.77. The topological polar surface area (TPSA) is 50.4 Å². The Bertz CT molecular complexity index is 428. The van der Waals surface area contributed by atoms with Gasteiger partial charge in [-0.3, -0.25) is 4.79 Å². The second-order valence-corrected chi connectivity index (χ2v) is 4.70. The maximum absolute atomic E-state index is 11.5. The highest BCUT2D eigenvalue weighted by Gasteiger charge is 2.22. The van der Waals surface area contributed by atoms with Crippen LogP contribution in [-0.2, 0) is 4.79 Å². The molecule has 0 heterocycles. The second-order valence-electron chi connectivity index (χ2n) is 4.70. The van der Waals surface area contributed by atoms with E-state index in [1.807, 2.05) is 25.1 Å². The minimum atomic E-state index is 0.135. The fraction of sp³-hybridized carbons (Fsp3) is 0.500. The Morgan fingerprint density at radius 1 is 1.44 bits per heavy atom. The van der Waals surface area contributed by atoms with Crippen LogP contribution in [0, 0.1) is 6.92 Å². The average Bonchev–Trinajstić information content (AvgIpc) is 3.15. The molecule has 0 saturated heterocycles. The normalized spacial score (nSPS) is 14.1. The van der Waals surface area contributed by atoms with E-state index in [1.165, 1.54) is 0 Å². The first-order valence-corrected chi connectivity index (χ1v) is 6.37. The SMILES string of the molecule is COc1ccc(NCCC(=O)NC2CC2)c(C)c1. The molecule has 4 heteroatoms. The van der Waals surface area contributed by atoms with Crippen molar-refractivity contribution >= 4 is 11.6 Å². The Labute approximate surface area is 108 Å². The molecule has 1 saturated carbocycles. The fourth-order valence-electron chi connectivity index (χ4n) is 1.80. The zero-order chi connectivity index (χ0) is 13.0. The molecule has 4 nitrogen and oxygen atoms in total. The van der Waals surface area contributed by atoms with Gasteiger partial charge in [-0.25, -0.2) is 0 Å². The summed E-state index contributed by atoms with van der Waals surface area (Å²) in [6.45, 7) is 2.68. The van der Waals surface area contributed by atoms with E-state index in [-0.39, 0.29) is 5.91 Å². The van der Waals surface area contributed by atoms with Crippen molar-refractivity contribution in [2.45, 2.75) is 32.2 Å². The number of methoxy groups -OCH3 is 1. The van der Waals surface area contributed by atoms with Crippen LogP contribution in [0.25, 0.3) is 0 Å². The molecule has 2 rings (SSSR count). The first kappa shape index (κ1) is 12.7. The van der Waals surface area contributed by atoms with Gasteiger partial charge >= 0.3 is 0 Å². The maximum atomic E-state index is 11.5. The first-order valence-electron chi connectivity index (χ1n) is 6.37. The van der Waals surface area contributed by atoms with Crippen molar-refractivity contribution in [2.24, 2.45) is 0 Å². The zero-order valence-electron chi connectivity index (χ0n) is 11.0. The fourth-order valence-corrected chi connectivity index (χ4v) is 1.80. The molecule has 1 aliphatic carbocycles. The lowest BCUT2D eigenvalue weighted by atomic mass is 10.2. The van der Waals surface area contributed by atoms with Crippen molar-refractivity contribution in [1.82, 2.24) is 5.32 Å². The highest BCUT2D eigenvalue weighted by atomic mass is 16.5. The van der Waals surface area contributed by atoms with Crippen LogP contribution in [0.2, 0.25) is 0 Å². The van der Waals surface area contributed by atoms with Crippen LogP contribution in [0.15, 0.2) is 18.2 Å². The molecule has 0 aromatic heterocycles. The maximum Gasteiger partial charge on any atom is 0.221 e. The second kappa shape index (κ2) is 5.76. The van der Waals surface area contributed by atoms with Crippen LogP contribution in [0.3, 0.4) is 0 Å². The number of benzene rings is 1. The molecule has 1 aliphatic rings. The highest BCUT2D eigenvalue weighted by Crippen LogP contribution is 2.21. The minimum absolute atomic E-state index is 0.135. The number of rotatable bonds is 6. The number of nitrogens with one attached hydrogen (secondary N) is 2. The lowest BCUT2D eigenvalue weighted by Crippen LogP contribution is -2.27. The minimum Gasteiger partial charge on any atom is -0.497 e. The third-order valence-electron chi connectivity index (χ3n) is 3.04. The van der Waals surface area contributed by atoms with Crippen molar-refractivity contribution in [1.29, 1.82) is 0 Å². The van der Waals surface area contributed by atoms with Gasteiger partial charge in [0.15, 0.2) is 0 Å². The van der Waals surface area contributed by atoms with Gasteiger partial charge in [0.2, 0.25) is 5.91 Å². The molecule has 1 aromatic rings. The van der Waals surface area contributed by atoms with E-state index in [1.54, 1.807) is 7.11 Å². The number of aryl methyl sites for hydroxylation is 1. The third-order valence-corrected chi connectivity index (χ3v) is 3.04. The molecular weight excluding hydrogens is 228 g/mol. The van der Waals surface area contributed by atoms with Gasteiger partial charge in [-0.15, -0.1) is 0 Å². The average molecular weight is 248 g/mol. The number of anilines is 1. The molecular formula is C14H20N2O2. The Hall–Kier alpha value is -1.71. The van der Waals surface area contributed by atoms with Crippen LogP contribution < -0.4 is 15.4 Å². The summed E-state index contributed by atoms with van der Waals surface area (Å²) in [6.07, 6.45) is 2.79. The van der Waals surface area contributed by atoms with Crippen LogP contribution in [0.4, 0.5) is 5.69 Å². The van der Waals surface area contributed by atoms with E-state index in [0.29, 0.717) is 19.0 Å². The predicted octanol–water partition coefficient (Wildman–Crippen LogP) is 2.08. The molecule has 0 bridgehead atoms. The largest absolute Gasteiger partial charge is 0.497 e. The number of ether oxygens (including phenoxy) is 1. The lowest BCUT2D eigenvalue weighted by molar-refractivity contribution is -0.120. The quantitative estimate of drug-likeness (QED) is 0.810. The third kappa shape index (κ3) is 3.65. The zero-order valence-corrected chi connectivity index (χ0v) is 11.0. The van der Waals surface area contributed by atoms with Gasteiger partial charge in [-0.2, -0.15) is 0 Å². The van der Waals surface area contributed by atoms with Crippen LogP contribution in [0.5, 0.6) is 5.75 Å². The van der Waals surface area contributed by atoms with E-state index >= 15 is 0 Å². The summed E-state index contributed by atoms with van der Waals surface area (Å²) in [5.74, 6) is 0.987. The molecule has 18 heavy (non-hydrogen) atoms. The Morgan fingerprint density at radius 3 is 2.83 bits per heavy atom. The van der Waals surface area contributed by atoms with Gasteiger partial charge in [0.1, 0.15) is 5.75 Å². The molecule has 98 valence electrons. The van der Waals surface area contributed by atoms with Gasteiger partial charge in [0, 0.05) is 24.7 Å². The number of carbonyl (C=O) groups is 1. The molecule has 2 N–H and O–H groups in total. The van der Waals surface area contributed by atoms with Crippen molar-refractivity contribution < 1.29 is 9.53 Å². The molecule has 1 fully saturated rings. The summed E-state index contributed by atoms with van der Waals surface area (Å²) >= 11 is 0. The molecule has 1 amide bonds. The van der Waals surface area contributed by atoms with Crippen molar-refractivity contribution in [3.05, 3.63) is 23.8 Å². The van der Waals surface area contributed by atoms with E-state index < -0.39 is 0 Å². The molecule has 0 radical (unpaired) electrons. The van der Waals surface area contributed by atoms with E-state index in [4.69, 9.17) is 4.74 Å². The predicted molar refractivity (Wildman–Crippen MR) is 72.0 cm³/mol. The summed E-state index contributed by atoms with van der Waals surface area (Å²) in [5, 5.41) is 6.25. The lowest BCUT2D eigenvalue weighted by Gasteiger charge is -2.10. The Kier molecular flexibility index (Phi) is 4.07. The summed E-state index contributed by atoms with van der Waals surface area (Å²) in [4.78, 5) is 11.5. The van der Waals surface area contributed by atoms with Gasteiger partial charge in [-0.1, -0.05) is 0 Å². The smallest absolute Gasteiger partial charge is 0.221 e. The van der Waals surface area contributed by atoms with Crippen LogP contribution >= 0.6 is 0 Å². The van der Waals surface area contributed by atoms with Crippen LogP contribution in [-0.4, -0.2) is 25.6 Å².